The Labute approximate surface area is 103 Å². The van der Waals surface area contributed by atoms with E-state index in [0.29, 0.717) is 5.92 Å². The minimum absolute atomic E-state index is 0.0728. The summed E-state index contributed by atoms with van der Waals surface area (Å²) in [7, 11) is -3.23. The van der Waals surface area contributed by atoms with Crippen molar-refractivity contribution >= 4 is 15.7 Å². The average Bonchev–Trinajstić information content (AvgIpc) is 2.08. The summed E-state index contributed by atoms with van der Waals surface area (Å²) in [6.07, 6.45) is 1.16. The molecule has 0 aromatic carbocycles. The zero-order valence-corrected chi connectivity index (χ0v) is 14.0. The predicted octanol–water partition coefficient (Wildman–Crippen LogP) is 3.72. The quantitative estimate of drug-likeness (QED) is 0.720. The summed E-state index contributed by atoms with van der Waals surface area (Å²) < 4.78 is 12.7. The van der Waals surface area contributed by atoms with Gasteiger partial charge in [-0.05, 0) is 51.9 Å². The highest BCUT2D eigenvalue weighted by Gasteiger charge is 2.55. The maximum Gasteiger partial charge on any atom is 0.207 e. The fourth-order valence-electron chi connectivity index (χ4n) is 2.29. The summed E-state index contributed by atoms with van der Waals surface area (Å²) in [5.41, 5.74) is 0.0728. The second-order valence-electron chi connectivity index (χ2n) is 6.81. The summed E-state index contributed by atoms with van der Waals surface area (Å²) in [4.78, 5) is 0. The molecule has 0 aromatic rings. The van der Waals surface area contributed by atoms with Gasteiger partial charge in [0.15, 0.2) is 0 Å². The van der Waals surface area contributed by atoms with Crippen molar-refractivity contribution in [2.45, 2.75) is 65.4 Å². The SMILES string of the molecule is CC(C)CO[Si]1(C)CCC(C)(C)O[Si]1(C)C. The van der Waals surface area contributed by atoms with Gasteiger partial charge in [0.1, 0.15) is 0 Å². The lowest BCUT2D eigenvalue weighted by atomic mass is 10.1. The summed E-state index contributed by atoms with van der Waals surface area (Å²) in [6, 6.07) is 1.27. The molecule has 16 heavy (non-hydrogen) atoms. The average molecular weight is 261 g/mol. The Morgan fingerprint density at radius 3 is 2.25 bits per heavy atom. The Morgan fingerprint density at radius 2 is 1.81 bits per heavy atom. The van der Waals surface area contributed by atoms with Crippen molar-refractivity contribution < 1.29 is 8.85 Å². The van der Waals surface area contributed by atoms with Crippen LogP contribution in [0.25, 0.3) is 0 Å². The van der Waals surface area contributed by atoms with Gasteiger partial charge in [0.25, 0.3) is 0 Å². The number of hydrogen-bond donors (Lipinski definition) is 0. The van der Waals surface area contributed by atoms with Gasteiger partial charge < -0.3 is 8.85 Å². The van der Waals surface area contributed by atoms with Gasteiger partial charge in [0, 0.05) is 6.61 Å². The molecule has 1 rings (SSSR count). The van der Waals surface area contributed by atoms with Crippen LogP contribution in [0.15, 0.2) is 0 Å². The highest BCUT2D eigenvalue weighted by molar-refractivity contribution is 7.36. The van der Waals surface area contributed by atoms with Gasteiger partial charge in [-0.25, -0.2) is 0 Å². The zero-order valence-electron chi connectivity index (χ0n) is 12.0. The third-order valence-corrected chi connectivity index (χ3v) is 18.5. The fraction of sp³-hybridized carbons (Fsp3) is 1.00. The topological polar surface area (TPSA) is 18.5 Å². The molecule has 1 fully saturated rings. The van der Waals surface area contributed by atoms with E-state index in [0.717, 1.165) is 13.0 Å². The minimum Gasteiger partial charge on any atom is -0.417 e. The largest absolute Gasteiger partial charge is 0.417 e. The van der Waals surface area contributed by atoms with Crippen LogP contribution in [0, 0.1) is 5.92 Å². The van der Waals surface area contributed by atoms with Gasteiger partial charge in [0.05, 0.1) is 5.60 Å². The first-order valence-corrected chi connectivity index (χ1v) is 12.9. The van der Waals surface area contributed by atoms with E-state index in [-0.39, 0.29) is 5.60 Å². The summed E-state index contributed by atoms with van der Waals surface area (Å²) in [6.45, 7) is 16.9. The second-order valence-corrected chi connectivity index (χ2v) is 20.1. The lowest BCUT2D eigenvalue weighted by Crippen LogP contribution is -2.67. The Hall–Kier alpha value is 0.354. The molecule has 96 valence electrons. The van der Waals surface area contributed by atoms with E-state index in [1.807, 2.05) is 0 Å². The van der Waals surface area contributed by atoms with Gasteiger partial charge in [-0.2, -0.15) is 0 Å². The third kappa shape index (κ3) is 3.18. The molecule has 0 amide bonds. The molecule has 2 nitrogen and oxygen atoms in total. The van der Waals surface area contributed by atoms with Crippen LogP contribution in [0.1, 0.15) is 34.1 Å². The van der Waals surface area contributed by atoms with Gasteiger partial charge in [-0.15, -0.1) is 0 Å². The van der Waals surface area contributed by atoms with Crippen molar-refractivity contribution in [1.82, 2.24) is 0 Å². The number of rotatable bonds is 3. The lowest BCUT2D eigenvalue weighted by molar-refractivity contribution is 0.0848. The molecular formula is C12H28O2Si2. The summed E-state index contributed by atoms with van der Waals surface area (Å²) in [5.74, 6) is 0.629. The lowest BCUT2D eigenvalue weighted by Gasteiger charge is -2.50. The smallest absolute Gasteiger partial charge is 0.207 e. The first-order valence-electron chi connectivity index (χ1n) is 6.42. The monoisotopic (exact) mass is 260 g/mol. The van der Waals surface area contributed by atoms with Crippen LogP contribution in [0.2, 0.25) is 25.7 Å². The van der Waals surface area contributed by atoms with E-state index in [9.17, 15) is 0 Å². The standard InChI is InChI=1S/C12H28O2Si2/c1-11(2)10-13-16(7)9-8-12(3,4)14-15(16,5)6/h11H,8-10H2,1-7H3. The van der Waals surface area contributed by atoms with Crippen molar-refractivity contribution in [3.05, 3.63) is 0 Å². The van der Waals surface area contributed by atoms with Gasteiger partial charge >= 0.3 is 0 Å². The van der Waals surface area contributed by atoms with Crippen molar-refractivity contribution in [1.29, 1.82) is 0 Å². The Bertz CT molecular complexity index is 247. The van der Waals surface area contributed by atoms with Crippen LogP contribution in [0.3, 0.4) is 0 Å². The van der Waals surface area contributed by atoms with E-state index in [4.69, 9.17) is 8.85 Å². The van der Waals surface area contributed by atoms with Crippen molar-refractivity contribution in [2.24, 2.45) is 5.92 Å². The molecule has 0 N–H and O–H groups in total. The molecule has 0 aliphatic carbocycles. The van der Waals surface area contributed by atoms with Crippen molar-refractivity contribution in [3.63, 3.8) is 0 Å². The van der Waals surface area contributed by atoms with E-state index >= 15 is 0 Å². The second kappa shape index (κ2) is 4.55. The molecule has 0 radical (unpaired) electrons. The first kappa shape index (κ1) is 14.4. The maximum atomic E-state index is 6.38. The molecule has 4 heteroatoms. The summed E-state index contributed by atoms with van der Waals surface area (Å²) >= 11 is 0. The molecule has 1 aliphatic rings. The molecule has 1 heterocycles. The molecule has 1 saturated heterocycles. The van der Waals surface area contributed by atoms with E-state index in [1.165, 1.54) is 6.04 Å². The molecular weight excluding hydrogens is 232 g/mol. The van der Waals surface area contributed by atoms with Crippen LogP contribution < -0.4 is 0 Å². The number of hydrogen-bond acceptors (Lipinski definition) is 2. The molecule has 1 unspecified atom stereocenters. The molecule has 0 saturated carbocycles. The first-order chi connectivity index (χ1) is 7.08. The van der Waals surface area contributed by atoms with Gasteiger partial charge in [-0.1, -0.05) is 13.8 Å². The van der Waals surface area contributed by atoms with Crippen LogP contribution in [-0.2, 0) is 8.85 Å². The highest BCUT2D eigenvalue weighted by Crippen LogP contribution is 2.39. The Balaban J connectivity index is 2.73. The molecule has 1 aliphatic heterocycles. The van der Waals surface area contributed by atoms with E-state index in [1.54, 1.807) is 0 Å². The van der Waals surface area contributed by atoms with Crippen LogP contribution >= 0.6 is 0 Å². The van der Waals surface area contributed by atoms with E-state index < -0.39 is 15.7 Å². The zero-order chi connectivity index (χ0) is 12.6. The van der Waals surface area contributed by atoms with Gasteiger partial charge in [0.2, 0.25) is 15.7 Å². The third-order valence-electron chi connectivity index (χ3n) is 3.74. The minimum atomic E-state index is -1.63. The Kier molecular flexibility index (Phi) is 4.10. The van der Waals surface area contributed by atoms with Crippen LogP contribution in [-0.4, -0.2) is 27.9 Å². The Morgan fingerprint density at radius 1 is 1.25 bits per heavy atom. The van der Waals surface area contributed by atoms with Crippen molar-refractivity contribution in [2.75, 3.05) is 6.61 Å². The molecule has 0 aromatic heterocycles. The maximum absolute atomic E-state index is 6.38. The summed E-state index contributed by atoms with van der Waals surface area (Å²) in [5, 5.41) is 0. The fourth-order valence-corrected chi connectivity index (χ4v) is 11.8. The van der Waals surface area contributed by atoms with Crippen LogP contribution in [0.4, 0.5) is 0 Å². The van der Waals surface area contributed by atoms with Crippen LogP contribution in [0.5, 0.6) is 0 Å². The molecule has 0 spiro atoms. The molecule has 0 bridgehead atoms. The predicted molar refractivity (Wildman–Crippen MR) is 74.5 cm³/mol. The van der Waals surface area contributed by atoms with E-state index in [2.05, 4.69) is 47.3 Å². The highest BCUT2D eigenvalue weighted by atomic mass is 29.3. The van der Waals surface area contributed by atoms with Gasteiger partial charge in [-0.3, -0.25) is 0 Å². The molecule has 1 atom stereocenters. The van der Waals surface area contributed by atoms with Crippen molar-refractivity contribution in [3.8, 4) is 0 Å². The normalized spacial score (nSPS) is 33.0.